The maximum atomic E-state index is 12.8. The number of likely N-dealkylation sites (tertiary alicyclic amines) is 2. The van der Waals surface area contributed by atoms with E-state index in [2.05, 4.69) is 5.16 Å². The molecule has 3 rings (SSSR count). The van der Waals surface area contributed by atoms with Crippen LogP contribution in [0, 0.1) is 31.6 Å². The second kappa shape index (κ2) is 9.10. The van der Waals surface area contributed by atoms with Crippen LogP contribution in [0.15, 0.2) is 4.52 Å². The number of amides is 2. The van der Waals surface area contributed by atoms with E-state index < -0.39 is 0 Å². The van der Waals surface area contributed by atoms with Crippen LogP contribution in [-0.2, 0) is 16.0 Å². The fraction of sp³-hybridized carbons (Fsp3) is 0.773. The largest absolute Gasteiger partial charge is 0.361 e. The minimum Gasteiger partial charge on any atom is -0.361 e. The number of rotatable bonds is 4. The third-order valence-electron chi connectivity index (χ3n) is 6.65. The molecule has 0 bridgehead atoms. The van der Waals surface area contributed by atoms with Crippen molar-refractivity contribution in [1.29, 1.82) is 0 Å². The summed E-state index contributed by atoms with van der Waals surface area (Å²) >= 11 is 0. The number of nitrogens with zero attached hydrogens (tertiary/aromatic N) is 3. The molecule has 1 unspecified atom stereocenters. The minimum absolute atomic E-state index is 0.0895. The summed E-state index contributed by atoms with van der Waals surface area (Å²) in [6.07, 6.45) is 5.95. The van der Waals surface area contributed by atoms with Crippen molar-refractivity contribution in [2.24, 2.45) is 17.8 Å². The molecule has 3 heterocycles. The monoisotopic (exact) mass is 389 g/mol. The molecule has 2 amide bonds. The Labute approximate surface area is 168 Å². The lowest BCUT2D eigenvalue weighted by Gasteiger charge is -2.36. The molecule has 28 heavy (non-hydrogen) atoms. The van der Waals surface area contributed by atoms with Gasteiger partial charge in [-0.2, -0.15) is 0 Å². The van der Waals surface area contributed by atoms with Crippen LogP contribution in [0.25, 0.3) is 0 Å². The Hall–Kier alpha value is -1.85. The quantitative estimate of drug-likeness (QED) is 0.792. The van der Waals surface area contributed by atoms with Crippen LogP contribution in [0.5, 0.6) is 0 Å². The first-order valence-corrected chi connectivity index (χ1v) is 10.8. The Morgan fingerprint density at radius 3 is 2.18 bits per heavy atom. The van der Waals surface area contributed by atoms with E-state index in [0.29, 0.717) is 18.3 Å². The summed E-state index contributed by atoms with van der Waals surface area (Å²) in [6, 6.07) is 0. The Bertz CT molecular complexity index is 670. The topological polar surface area (TPSA) is 66.7 Å². The number of hydrogen-bond donors (Lipinski definition) is 0. The molecule has 0 aromatic carbocycles. The zero-order valence-corrected chi connectivity index (χ0v) is 17.9. The van der Waals surface area contributed by atoms with Gasteiger partial charge in [-0.05, 0) is 57.8 Å². The summed E-state index contributed by atoms with van der Waals surface area (Å²) in [5.41, 5.74) is 1.76. The predicted molar refractivity (Wildman–Crippen MR) is 108 cm³/mol. The third kappa shape index (κ3) is 4.76. The van der Waals surface area contributed by atoms with Crippen LogP contribution in [0.3, 0.4) is 0 Å². The molecule has 0 N–H and O–H groups in total. The van der Waals surface area contributed by atoms with Crippen LogP contribution in [0.1, 0.15) is 63.0 Å². The van der Waals surface area contributed by atoms with E-state index in [1.165, 1.54) is 6.42 Å². The van der Waals surface area contributed by atoms with Gasteiger partial charge in [-0.25, -0.2) is 0 Å². The molecule has 0 saturated carbocycles. The van der Waals surface area contributed by atoms with Gasteiger partial charge in [0.2, 0.25) is 11.8 Å². The van der Waals surface area contributed by atoms with E-state index >= 15 is 0 Å². The Morgan fingerprint density at radius 2 is 1.61 bits per heavy atom. The lowest BCUT2D eigenvalue weighted by Crippen LogP contribution is -2.42. The Morgan fingerprint density at radius 1 is 1.00 bits per heavy atom. The normalized spacial score (nSPS) is 21.8. The predicted octanol–water partition coefficient (Wildman–Crippen LogP) is 3.36. The minimum atomic E-state index is 0.0895. The molecular weight excluding hydrogens is 354 g/mol. The molecule has 6 nitrogen and oxygen atoms in total. The zero-order chi connectivity index (χ0) is 20.3. The average molecular weight is 390 g/mol. The molecule has 2 saturated heterocycles. The number of carbonyl (C=O) groups is 2. The number of piperidine rings is 1. The highest BCUT2D eigenvalue weighted by Crippen LogP contribution is 2.33. The van der Waals surface area contributed by atoms with Gasteiger partial charge in [0, 0.05) is 37.7 Å². The second-order valence-corrected chi connectivity index (χ2v) is 8.87. The maximum Gasteiger partial charge on any atom is 0.227 e. The first-order valence-electron chi connectivity index (χ1n) is 10.8. The van der Waals surface area contributed by atoms with Gasteiger partial charge in [-0.15, -0.1) is 0 Å². The average Bonchev–Trinajstić information content (AvgIpc) is 2.89. The Kier molecular flexibility index (Phi) is 6.78. The number of aromatic nitrogens is 1. The van der Waals surface area contributed by atoms with Crippen LogP contribution < -0.4 is 0 Å². The molecule has 1 aromatic rings. The van der Waals surface area contributed by atoms with Crippen LogP contribution >= 0.6 is 0 Å². The molecule has 1 atom stereocenters. The molecule has 2 fully saturated rings. The van der Waals surface area contributed by atoms with Gasteiger partial charge in [0.25, 0.3) is 0 Å². The van der Waals surface area contributed by atoms with Crippen molar-refractivity contribution in [2.75, 3.05) is 26.2 Å². The van der Waals surface area contributed by atoms with Gasteiger partial charge in [0.05, 0.1) is 12.1 Å². The molecule has 1 aromatic heterocycles. The highest BCUT2D eigenvalue weighted by molar-refractivity contribution is 5.79. The molecule has 2 aliphatic heterocycles. The van der Waals surface area contributed by atoms with Gasteiger partial charge in [-0.1, -0.05) is 19.0 Å². The summed E-state index contributed by atoms with van der Waals surface area (Å²) in [6.45, 7) is 11.2. The molecular formula is C22H35N3O3. The highest BCUT2D eigenvalue weighted by Gasteiger charge is 2.31. The number of hydrogen-bond acceptors (Lipinski definition) is 4. The summed E-state index contributed by atoms with van der Waals surface area (Å²) in [4.78, 5) is 29.1. The van der Waals surface area contributed by atoms with Gasteiger partial charge in [0.1, 0.15) is 5.76 Å². The summed E-state index contributed by atoms with van der Waals surface area (Å²) in [7, 11) is 0. The molecule has 0 spiro atoms. The van der Waals surface area contributed by atoms with Gasteiger partial charge in [0.15, 0.2) is 0 Å². The first-order chi connectivity index (χ1) is 13.4. The number of aryl methyl sites for hydroxylation is 2. The van der Waals surface area contributed by atoms with E-state index in [1.807, 2.05) is 37.5 Å². The molecule has 6 heteroatoms. The van der Waals surface area contributed by atoms with Crippen LogP contribution in [0.2, 0.25) is 0 Å². The standard InChI is InChI=1S/C22H35N3O3/c1-15(2)22(27)25-12-8-19(9-13-25)18-6-5-10-24(11-7-18)21(26)14-20-16(3)23-28-17(20)4/h15,18-19H,5-14H2,1-4H3. The fourth-order valence-electron chi connectivity index (χ4n) is 4.82. The van der Waals surface area contributed by atoms with Crippen molar-refractivity contribution in [3.63, 3.8) is 0 Å². The first kappa shape index (κ1) is 20.9. The number of carbonyl (C=O) groups excluding carboxylic acids is 2. The molecule has 2 aliphatic rings. The van der Waals surface area contributed by atoms with Gasteiger partial charge < -0.3 is 14.3 Å². The van der Waals surface area contributed by atoms with Crippen molar-refractivity contribution < 1.29 is 14.1 Å². The second-order valence-electron chi connectivity index (χ2n) is 8.87. The maximum absolute atomic E-state index is 12.8. The van der Waals surface area contributed by atoms with Crippen molar-refractivity contribution in [2.45, 2.75) is 66.2 Å². The van der Waals surface area contributed by atoms with Crippen molar-refractivity contribution in [1.82, 2.24) is 15.0 Å². The lowest BCUT2D eigenvalue weighted by molar-refractivity contribution is -0.136. The van der Waals surface area contributed by atoms with Gasteiger partial charge >= 0.3 is 0 Å². The van der Waals surface area contributed by atoms with E-state index in [4.69, 9.17) is 4.52 Å². The third-order valence-corrected chi connectivity index (χ3v) is 6.65. The smallest absolute Gasteiger partial charge is 0.227 e. The van der Waals surface area contributed by atoms with Crippen molar-refractivity contribution in [3.8, 4) is 0 Å². The van der Waals surface area contributed by atoms with Crippen molar-refractivity contribution >= 4 is 11.8 Å². The SMILES string of the molecule is Cc1noc(C)c1CC(=O)N1CCCC(C2CCN(C(=O)C(C)C)CC2)CC1. The van der Waals surface area contributed by atoms with E-state index in [9.17, 15) is 9.59 Å². The van der Waals surface area contributed by atoms with E-state index in [-0.39, 0.29) is 17.7 Å². The summed E-state index contributed by atoms with van der Waals surface area (Å²) in [5, 5.41) is 3.96. The van der Waals surface area contributed by atoms with Crippen LogP contribution in [-0.4, -0.2) is 52.9 Å². The zero-order valence-electron chi connectivity index (χ0n) is 17.9. The van der Waals surface area contributed by atoms with E-state index in [1.54, 1.807) is 0 Å². The molecule has 156 valence electrons. The highest BCUT2D eigenvalue weighted by atomic mass is 16.5. The van der Waals surface area contributed by atoms with Crippen LogP contribution in [0.4, 0.5) is 0 Å². The lowest BCUT2D eigenvalue weighted by atomic mass is 9.80. The van der Waals surface area contributed by atoms with Gasteiger partial charge in [-0.3, -0.25) is 9.59 Å². The Balaban J connectivity index is 1.50. The summed E-state index contributed by atoms with van der Waals surface area (Å²) < 4.78 is 5.20. The molecule has 0 radical (unpaired) electrons. The van der Waals surface area contributed by atoms with Crippen molar-refractivity contribution in [3.05, 3.63) is 17.0 Å². The van der Waals surface area contributed by atoms with E-state index in [0.717, 1.165) is 68.9 Å². The fourth-order valence-corrected chi connectivity index (χ4v) is 4.82. The molecule has 0 aliphatic carbocycles. The summed E-state index contributed by atoms with van der Waals surface area (Å²) in [5.74, 6) is 2.68.